The highest BCUT2D eigenvalue weighted by Crippen LogP contribution is 2.54. The van der Waals surface area contributed by atoms with E-state index in [0.29, 0.717) is 5.92 Å². The van der Waals surface area contributed by atoms with Crippen LogP contribution >= 0.6 is 11.8 Å². The quantitative estimate of drug-likeness (QED) is 0.798. The Balaban J connectivity index is 1.75. The van der Waals surface area contributed by atoms with E-state index >= 15 is 0 Å². The Morgan fingerprint density at radius 2 is 1.88 bits per heavy atom. The molecule has 0 aromatic heterocycles. The largest absolute Gasteiger partial charge is 0.384 e. The first-order valence-corrected chi connectivity index (χ1v) is 10.0. The molecule has 1 fully saturated rings. The predicted molar refractivity (Wildman–Crippen MR) is 104 cm³/mol. The van der Waals surface area contributed by atoms with Crippen LogP contribution in [0.25, 0.3) is 0 Å². The van der Waals surface area contributed by atoms with Crippen molar-refractivity contribution in [3.05, 3.63) is 70.8 Å². The third-order valence-corrected chi connectivity index (χ3v) is 7.09. The smallest absolute Gasteiger partial charge is 0.104 e. The Morgan fingerprint density at radius 1 is 1.12 bits per heavy atom. The van der Waals surface area contributed by atoms with Crippen LogP contribution in [0.2, 0.25) is 0 Å². The topological polar surface area (TPSA) is 29.5 Å². The lowest BCUT2D eigenvalue weighted by molar-refractivity contribution is -0.0301. The molecule has 2 aromatic rings. The molecule has 25 heavy (non-hydrogen) atoms. The van der Waals surface area contributed by atoms with Crippen LogP contribution in [0.5, 0.6) is 0 Å². The van der Waals surface area contributed by atoms with Gasteiger partial charge in [-0.1, -0.05) is 62.4 Å². The van der Waals surface area contributed by atoms with Crippen molar-refractivity contribution < 1.29 is 9.84 Å². The van der Waals surface area contributed by atoms with Crippen molar-refractivity contribution in [2.75, 3.05) is 0 Å². The van der Waals surface area contributed by atoms with Crippen molar-refractivity contribution in [3.63, 3.8) is 0 Å². The molecular formula is C22H26O2S. The summed E-state index contributed by atoms with van der Waals surface area (Å²) >= 11 is 1.94. The van der Waals surface area contributed by atoms with E-state index in [0.717, 1.165) is 24.0 Å². The average molecular weight is 355 g/mol. The van der Waals surface area contributed by atoms with Crippen LogP contribution in [0.3, 0.4) is 0 Å². The standard InChI is InChI=1S/C22H26O2S/c1-14-24-21-18-11-7-10-17(20(23)15-8-5-4-6-9-15)16(18)12-13-19(21)22(2,3)25-14/h4-11,14,19-21,23H,12-13H2,1-3H3/t14-,19+,20?,21-/m1/s1. The van der Waals surface area contributed by atoms with E-state index in [1.54, 1.807) is 0 Å². The van der Waals surface area contributed by atoms with Crippen molar-refractivity contribution in [1.82, 2.24) is 0 Å². The van der Waals surface area contributed by atoms with Crippen LogP contribution in [-0.4, -0.2) is 15.3 Å². The summed E-state index contributed by atoms with van der Waals surface area (Å²) in [7, 11) is 0. The fourth-order valence-electron chi connectivity index (χ4n) is 4.55. The molecule has 0 amide bonds. The van der Waals surface area contributed by atoms with Gasteiger partial charge in [0, 0.05) is 10.7 Å². The molecule has 0 spiro atoms. The number of fused-ring (bicyclic) bond motifs is 3. The summed E-state index contributed by atoms with van der Waals surface area (Å²) in [5, 5.41) is 11.0. The van der Waals surface area contributed by atoms with E-state index < -0.39 is 6.10 Å². The second kappa shape index (κ2) is 6.46. The number of thioether (sulfide) groups is 1. The Kier molecular flexibility index (Phi) is 4.43. The molecule has 1 saturated heterocycles. The molecule has 1 N–H and O–H groups in total. The molecule has 0 bridgehead atoms. The molecule has 0 radical (unpaired) electrons. The first kappa shape index (κ1) is 17.1. The van der Waals surface area contributed by atoms with Gasteiger partial charge in [-0.3, -0.25) is 0 Å². The fourth-order valence-corrected chi connectivity index (χ4v) is 5.99. The molecule has 1 unspecified atom stereocenters. The normalized spacial score (nSPS) is 28.7. The van der Waals surface area contributed by atoms with Crippen LogP contribution in [0.4, 0.5) is 0 Å². The minimum atomic E-state index is -0.573. The first-order chi connectivity index (χ1) is 12.0. The van der Waals surface area contributed by atoms with Crippen molar-refractivity contribution in [2.24, 2.45) is 5.92 Å². The maximum atomic E-state index is 11.0. The molecule has 1 heterocycles. The third-order valence-electron chi connectivity index (χ3n) is 5.74. The number of ether oxygens (including phenoxy) is 1. The van der Waals surface area contributed by atoms with E-state index in [1.165, 1.54) is 11.1 Å². The number of hydrogen-bond acceptors (Lipinski definition) is 3. The molecule has 3 heteroatoms. The highest BCUT2D eigenvalue weighted by atomic mass is 32.2. The average Bonchev–Trinajstić information content (AvgIpc) is 2.60. The van der Waals surface area contributed by atoms with Gasteiger partial charge in [0.1, 0.15) is 11.5 Å². The Bertz CT molecular complexity index is 756. The summed E-state index contributed by atoms with van der Waals surface area (Å²) in [6.45, 7) is 6.85. The monoisotopic (exact) mass is 354 g/mol. The molecule has 4 rings (SSSR count). The van der Waals surface area contributed by atoms with Gasteiger partial charge in [-0.2, -0.15) is 0 Å². The molecule has 1 aliphatic heterocycles. The van der Waals surface area contributed by atoms with Crippen molar-refractivity contribution in [2.45, 2.75) is 56.0 Å². The maximum absolute atomic E-state index is 11.0. The molecule has 4 atom stereocenters. The molecule has 2 aliphatic rings. The number of aliphatic hydroxyl groups excluding tert-OH is 1. The molecule has 0 saturated carbocycles. The predicted octanol–water partition coefficient (Wildman–Crippen LogP) is 5.26. The zero-order chi connectivity index (χ0) is 17.6. The number of hydrogen-bond donors (Lipinski definition) is 1. The minimum absolute atomic E-state index is 0.137. The molecule has 132 valence electrons. The van der Waals surface area contributed by atoms with Gasteiger partial charge in [0.15, 0.2) is 0 Å². The molecular weight excluding hydrogens is 328 g/mol. The van der Waals surface area contributed by atoms with Crippen LogP contribution in [0.1, 0.15) is 61.7 Å². The number of aliphatic hydroxyl groups is 1. The lowest BCUT2D eigenvalue weighted by atomic mass is 9.73. The highest BCUT2D eigenvalue weighted by molar-refractivity contribution is 8.01. The van der Waals surface area contributed by atoms with Crippen LogP contribution in [0, 0.1) is 5.92 Å². The van der Waals surface area contributed by atoms with E-state index in [4.69, 9.17) is 4.74 Å². The van der Waals surface area contributed by atoms with Crippen molar-refractivity contribution >= 4 is 11.8 Å². The van der Waals surface area contributed by atoms with E-state index in [-0.39, 0.29) is 16.3 Å². The highest BCUT2D eigenvalue weighted by Gasteiger charge is 2.46. The van der Waals surface area contributed by atoms with Crippen molar-refractivity contribution in [3.8, 4) is 0 Å². The van der Waals surface area contributed by atoms with Gasteiger partial charge >= 0.3 is 0 Å². The zero-order valence-corrected chi connectivity index (χ0v) is 15.9. The van der Waals surface area contributed by atoms with Crippen LogP contribution < -0.4 is 0 Å². The fraction of sp³-hybridized carbons (Fsp3) is 0.455. The summed E-state index contributed by atoms with van der Waals surface area (Å²) in [5.41, 5.74) is 4.75. The number of benzene rings is 2. The van der Waals surface area contributed by atoms with Gasteiger partial charge < -0.3 is 9.84 Å². The molecule has 2 nitrogen and oxygen atoms in total. The van der Waals surface area contributed by atoms with Gasteiger partial charge in [-0.05, 0) is 42.0 Å². The second-order valence-corrected chi connectivity index (χ2v) is 9.67. The third kappa shape index (κ3) is 3.03. The van der Waals surface area contributed by atoms with E-state index in [2.05, 4.69) is 39.0 Å². The van der Waals surface area contributed by atoms with Crippen molar-refractivity contribution in [1.29, 1.82) is 0 Å². The lowest BCUT2D eigenvalue weighted by Crippen LogP contribution is -2.43. The number of rotatable bonds is 2. The van der Waals surface area contributed by atoms with Gasteiger partial charge in [-0.25, -0.2) is 0 Å². The zero-order valence-electron chi connectivity index (χ0n) is 15.1. The Hall–Kier alpha value is -1.29. The molecule has 1 aliphatic carbocycles. The minimum Gasteiger partial charge on any atom is -0.384 e. The Labute approximate surface area is 154 Å². The van der Waals surface area contributed by atoms with Gasteiger partial charge in [0.05, 0.1) is 6.10 Å². The summed E-state index contributed by atoms with van der Waals surface area (Å²) in [6, 6.07) is 16.3. The first-order valence-electron chi connectivity index (χ1n) is 9.15. The summed E-state index contributed by atoms with van der Waals surface area (Å²) < 4.78 is 6.59. The lowest BCUT2D eigenvalue weighted by Gasteiger charge is -2.49. The summed E-state index contributed by atoms with van der Waals surface area (Å²) in [6.07, 6.45) is 1.69. The summed E-state index contributed by atoms with van der Waals surface area (Å²) in [5.74, 6) is 0.519. The van der Waals surface area contributed by atoms with E-state index in [1.807, 2.05) is 42.1 Å². The van der Waals surface area contributed by atoms with E-state index in [9.17, 15) is 5.11 Å². The Morgan fingerprint density at radius 3 is 2.64 bits per heavy atom. The van der Waals surface area contributed by atoms with Crippen LogP contribution in [0.15, 0.2) is 48.5 Å². The maximum Gasteiger partial charge on any atom is 0.104 e. The molecule has 2 aromatic carbocycles. The summed E-state index contributed by atoms with van der Waals surface area (Å²) in [4.78, 5) is 0. The SMILES string of the molecule is C[C@@H]1O[C@@H]2c3cccc(C(O)c4ccccc4)c3CC[C@@H]2C(C)(C)S1. The second-order valence-electron chi connectivity index (χ2n) is 7.72. The van der Waals surface area contributed by atoms with Crippen LogP contribution in [-0.2, 0) is 11.2 Å². The van der Waals surface area contributed by atoms with Gasteiger partial charge in [0.25, 0.3) is 0 Å². The van der Waals surface area contributed by atoms with Gasteiger partial charge in [-0.15, -0.1) is 11.8 Å². The van der Waals surface area contributed by atoms with Gasteiger partial charge in [0.2, 0.25) is 0 Å².